The highest BCUT2D eigenvalue weighted by atomic mass is 16.3. The molecular formula is C26H30BNO4. The van der Waals surface area contributed by atoms with Crippen LogP contribution >= 0.6 is 0 Å². The summed E-state index contributed by atoms with van der Waals surface area (Å²) in [6.07, 6.45) is 0. The fourth-order valence-electron chi connectivity index (χ4n) is 3.99. The van der Waals surface area contributed by atoms with Crippen LogP contribution in [0, 0.1) is 0 Å². The van der Waals surface area contributed by atoms with Crippen molar-refractivity contribution in [2.75, 3.05) is 0 Å². The summed E-state index contributed by atoms with van der Waals surface area (Å²) in [5, 5.41) is 47.3. The standard InChI is InChI=1S/C20H15BO4.C6H15N/c22-15-9-11-5-1-3-7-13(11)17(19(15)24)21-18-14-8-4-2-6-12(14)10-16(23)20(18)25;1-5(2)7-6(3)4/h1-10,21-25H;5-7H,1-4H3. The Balaban J connectivity index is 0.000000360. The number of aromatic hydroxyl groups is 4. The Morgan fingerprint density at radius 3 is 1.34 bits per heavy atom. The van der Waals surface area contributed by atoms with Gasteiger partial charge in [-0.15, -0.1) is 0 Å². The zero-order valence-electron chi connectivity index (χ0n) is 18.9. The maximum Gasteiger partial charge on any atom is 0.204 e. The molecule has 0 unspecified atom stereocenters. The van der Waals surface area contributed by atoms with E-state index in [1.807, 2.05) is 48.5 Å². The van der Waals surface area contributed by atoms with Crippen molar-refractivity contribution in [2.24, 2.45) is 0 Å². The molecule has 5 N–H and O–H groups in total. The van der Waals surface area contributed by atoms with Gasteiger partial charge in [0.05, 0.1) is 0 Å². The molecule has 0 spiro atoms. The van der Waals surface area contributed by atoms with E-state index < -0.39 is 0 Å². The molecular weight excluding hydrogens is 401 g/mol. The molecule has 0 amide bonds. The van der Waals surface area contributed by atoms with E-state index >= 15 is 0 Å². The maximum absolute atomic E-state index is 10.4. The first-order valence-corrected chi connectivity index (χ1v) is 10.8. The van der Waals surface area contributed by atoms with E-state index in [4.69, 9.17) is 0 Å². The topological polar surface area (TPSA) is 93.0 Å². The van der Waals surface area contributed by atoms with Crippen molar-refractivity contribution in [1.29, 1.82) is 0 Å². The van der Waals surface area contributed by atoms with Crippen LogP contribution in [-0.4, -0.2) is 39.8 Å². The molecule has 32 heavy (non-hydrogen) atoms. The first kappa shape index (κ1) is 23.3. The molecule has 0 aliphatic carbocycles. The molecule has 6 heteroatoms. The summed E-state index contributed by atoms with van der Waals surface area (Å²) in [6, 6.07) is 19.1. The number of hydrogen-bond donors (Lipinski definition) is 5. The second-order valence-corrected chi connectivity index (χ2v) is 8.54. The van der Waals surface area contributed by atoms with E-state index in [0.29, 0.717) is 23.0 Å². The van der Waals surface area contributed by atoms with Gasteiger partial charge in [-0.25, -0.2) is 0 Å². The Bertz CT molecular complexity index is 1140. The Morgan fingerprint density at radius 1 is 0.625 bits per heavy atom. The monoisotopic (exact) mass is 431 g/mol. The fourth-order valence-corrected chi connectivity index (χ4v) is 3.99. The molecule has 5 nitrogen and oxygen atoms in total. The minimum absolute atomic E-state index is 0.168. The van der Waals surface area contributed by atoms with Gasteiger partial charge in [0, 0.05) is 12.1 Å². The van der Waals surface area contributed by atoms with Crippen molar-refractivity contribution >= 4 is 39.8 Å². The van der Waals surface area contributed by atoms with Crippen molar-refractivity contribution in [3.63, 3.8) is 0 Å². The van der Waals surface area contributed by atoms with Gasteiger partial charge in [0.25, 0.3) is 0 Å². The number of phenols is 4. The summed E-state index contributed by atoms with van der Waals surface area (Å²) >= 11 is 0. The highest BCUT2D eigenvalue weighted by Gasteiger charge is 2.19. The van der Waals surface area contributed by atoms with Gasteiger partial charge in [0.15, 0.2) is 23.0 Å². The van der Waals surface area contributed by atoms with Crippen LogP contribution in [0.5, 0.6) is 23.0 Å². The highest BCUT2D eigenvalue weighted by Crippen LogP contribution is 2.31. The summed E-state index contributed by atoms with van der Waals surface area (Å²) in [7, 11) is 0.168. The normalized spacial score (nSPS) is 11.1. The van der Waals surface area contributed by atoms with Crippen molar-refractivity contribution in [1.82, 2.24) is 5.32 Å². The lowest BCUT2D eigenvalue weighted by molar-refractivity contribution is 0.407. The van der Waals surface area contributed by atoms with Crippen LogP contribution in [0.3, 0.4) is 0 Å². The van der Waals surface area contributed by atoms with E-state index in [-0.39, 0.29) is 30.3 Å². The second-order valence-electron chi connectivity index (χ2n) is 8.54. The summed E-state index contributed by atoms with van der Waals surface area (Å²) < 4.78 is 0. The Morgan fingerprint density at radius 2 is 1.00 bits per heavy atom. The Labute approximate surface area is 189 Å². The summed E-state index contributed by atoms with van der Waals surface area (Å²) in [5.41, 5.74) is 1.00. The van der Waals surface area contributed by atoms with Crippen molar-refractivity contribution in [3.8, 4) is 23.0 Å². The minimum atomic E-state index is -0.217. The quantitative estimate of drug-likeness (QED) is 0.252. The van der Waals surface area contributed by atoms with Gasteiger partial charge in [-0.05, 0) is 44.6 Å². The largest absolute Gasteiger partial charge is 0.505 e. The summed E-state index contributed by atoms with van der Waals surface area (Å²) in [5.74, 6) is -0.855. The average molecular weight is 431 g/mol. The summed E-state index contributed by atoms with van der Waals surface area (Å²) in [6.45, 7) is 8.61. The fraction of sp³-hybridized carbons (Fsp3) is 0.231. The van der Waals surface area contributed by atoms with E-state index in [9.17, 15) is 20.4 Å². The lowest BCUT2D eigenvalue weighted by Gasteiger charge is -2.14. The molecule has 0 radical (unpaired) electrons. The molecule has 0 aliphatic heterocycles. The van der Waals surface area contributed by atoms with E-state index in [0.717, 1.165) is 21.5 Å². The van der Waals surface area contributed by atoms with Gasteiger partial charge < -0.3 is 25.7 Å². The zero-order chi connectivity index (χ0) is 23.4. The number of hydrogen-bond acceptors (Lipinski definition) is 5. The summed E-state index contributed by atoms with van der Waals surface area (Å²) in [4.78, 5) is 0. The number of phenolic OH excluding ortho intramolecular Hbond substituents is 4. The van der Waals surface area contributed by atoms with E-state index in [2.05, 4.69) is 33.0 Å². The van der Waals surface area contributed by atoms with Gasteiger partial charge in [-0.1, -0.05) is 76.2 Å². The third kappa shape index (κ3) is 5.09. The van der Waals surface area contributed by atoms with Crippen LogP contribution in [0.25, 0.3) is 21.5 Å². The molecule has 4 aromatic rings. The van der Waals surface area contributed by atoms with Gasteiger partial charge in [0.2, 0.25) is 7.28 Å². The molecule has 0 bridgehead atoms. The first-order chi connectivity index (χ1) is 15.2. The molecule has 0 aromatic heterocycles. The van der Waals surface area contributed by atoms with Crippen LogP contribution in [0.2, 0.25) is 0 Å². The van der Waals surface area contributed by atoms with Gasteiger partial charge in [0.1, 0.15) is 0 Å². The number of rotatable bonds is 4. The molecule has 0 aliphatic rings. The van der Waals surface area contributed by atoms with Crippen LogP contribution in [0.4, 0.5) is 0 Å². The zero-order valence-corrected chi connectivity index (χ0v) is 18.9. The highest BCUT2D eigenvalue weighted by molar-refractivity contribution is 6.74. The lowest BCUT2D eigenvalue weighted by Crippen LogP contribution is -2.29. The number of nitrogens with one attached hydrogen (secondary N) is 1. The lowest BCUT2D eigenvalue weighted by atomic mass is 9.60. The SMILES string of the molecule is CC(C)NC(C)C.Oc1cc2ccccc2c(Bc2c(O)c(O)cc3ccccc23)c1O. The molecule has 4 rings (SSSR count). The number of fused-ring (bicyclic) bond motifs is 2. The predicted molar refractivity (Wildman–Crippen MR) is 134 cm³/mol. The Kier molecular flexibility index (Phi) is 7.16. The Hall–Kier alpha value is -3.38. The average Bonchev–Trinajstić information content (AvgIpc) is 2.73. The van der Waals surface area contributed by atoms with Crippen molar-refractivity contribution in [3.05, 3.63) is 60.7 Å². The molecule has 0 fully saturated rings. The van der Waals surface area contributed by atoms with Crippen molar-refractivity contribution < 1.29 is 20.4 Å². The molecule has 0 saturated heterocycles. The molecule has 166 valence electrons. The van der Waals surface area contributed by atoms with Crippen LogP contribution in [0.1, 0.15) is 27.7 Å². The second kappa shape index (κ2) is 9.83. The van der Waals surface area contributed by atoms with Gasteiger partial charge in [-0.2, -0.15) is 0 Å². The predicted octanol–water partition coefficient (Wildman–Crippen LogP) is 3.60. The molecule has 0 heterocycles. The smallest absolute Gasteiger partial charge is 0.204 e. The van der Waals surface area contributed by atoms with Gasteiger partial charge >= 0.3 is 0 Å². The van der Waals surface area contributed by atoms with Crippen molar-refractivity contribution in [2.45, 2.75) is 39.8 Å². The number of benzene rings is 4. The molecule has 0 saturated carbocycles. The minimum Gasteiger partial charge on any atom is -0.505 e. The molecule has 0 atom stereocenters. The maximum atomic E-state index is 10.4. The third-order valence-corrected chi connectivity index (χ3v) is 5.23. The van der Waals surface area contributed by atoms with Crippen LogP contribution in [0.15, 0.2) is 60.7 Å². The molecule has 4 aromatic carbocycles. The van der Waals surface area contributed by atoms with Crippen LogP contribution < -0.4 is 16.2 Å². The van der Waals surface area contributed by atoms with Crippen LogP contribution in [-0.2, 0) is 0 Å². The van der Waals surface area contributed by atoms with Gasteiger partial charge in [-0.3, -0.25) is 0 Å². The van der Waals surface area contributed by atoms with E-state index in [1.54, 1.807) is 0 Å². The van der Waals surface area contributed by atoms with E-state index in [1.165, 1.54) is 12.1 Å². The third-order valence-electron chi connectivity index (χ3n) is 5.23. The first-order valence-electron chi connectivity index (χ1n) is 10.8.